The van der Waals surface area contributed by atoms with Crippen LogP contribution in [-0.2, 0) is 6.42 Å². The minimum atomic E-state index is -0.264. The highest BCUT2D eigenvalue weighted by molar-refractivity contribution is 9.10. The largest absolute Gasteiger partial charge is 0.342 e. The van der Waals surface area contributed by atoms with Gasteiger partial charge in [0.15, 0.2) is 0 Å². The molecule has 0 aliphatic heterocycles. The first-order chi connectivity index (χ1) is 9.63. The Balaban J connectivity index is 2.06. The second-order valence-electron chi connectivity index (χ2n) is 5.24. The molecule has 0 fully saturated rings. The predicted molar refractivity (Wildman–Crippen MR) is 84.1 cm³/mol. The average molecular weight is 342 g/mol. The molecular weight excluding hydrogens is 321 g/mol. The second kappa shape index (κ2) is 7.18. The fourth-order valence-corrected chi connectivity index (χ4v) is 2.93. The molecular formula is C15H21BrFN3. The summed E-state index contributed by atoms with van der Waals surface area (Å²) in [5, 5.41) is 0. The maximum atomic E-state index is 13.5. The summed E-state index contributed by atoms with van der Waals surface area (Å²) in [7, 11) is 0. The van der Waals surface area contributed by atoms with Crippen molar-refractivity contribution < 1.29 is 4.39 Å². The Labute approximate surface area is 127 Å². The van der Waals surface area contributed by atoms with Gasteiger partial charge in [-0.2, -0.15) is 0 Å². The van der Waals surface area contributed by atoms with Crippen LogP contribution in [0.4, 0.5) is 4.39 Å². The zero-order chi connectivity index (χ0) is 14.5. The first-order valence-electron chi connectivity index (χ1n) is 7.17. The van der Waals surface area contributed by atoms with E-state index in [0.717, 1.165) is 42.7 Å². The van der Waals surface area contributed by atoms with Crippen LogP contribution in [0.5, 0.6) is 0 Å². The summed E-state index contributed by atoms with van der Waals surface area (Å²) < 4.78 is 13.9. The molecule has 1 atom stereocenters. The van der Waals surface area contributed by atoms with Crippen molar-refractivity contribution in [2.75, 3.05) is 6.54 Å². The summed E-state index contributed by atoms with van der Waals surface area (Å²) >= 11 is 3.19. The zero-order valence-corrected chi connectivity index (χ0v) is 13.3. The summed E-state index contributed by atoms with van der Waals surface area (Å²) in [6, 6.07) is 3.20. The first-order valence-corrected chi connectivity index (χ1v) is 7.97. The van der Waals surface area contributed by atoms with Gasteiger partial charge in [0.05, 0.1) is 15.5 Å². The summed E-state index contributed by atoms with van der Waals surface area (Å²) in [5.74, 6) is 1.32. The topological polar surface area (TPSA) is 54.7 Å². The van der Waals surface area contributed by atoms with Crippen molar-refractivity contribution in [1.29, 1.82) is 0 Å². The molecule has 5 heteroatoms. The van der Waals surface area contributed by atoms with Crippen LogP contribution in [0, 0.1) is 11.7 Å². The lowest BCUT2D eigenvalue weighted by Gasteiger charge is -2.13. The van der Waals surface area contributed by atoms with Gasteiger partial charge in [-0.05, 0) is 47.3 Å². The molecule has 0 saturated carbocycles. The highest BCUT2D eigenvalue weighted by Crippen LogP contribution is 2.23. The molecule has 2 rings (SSSR count). The molecule has 2 aromatic rings. The molecule has 3 nitrogen and oxygen atoms in total. The fourth-order valence-electron chi connectivity index (χ4n) is 2.59. The molecule has 1 unspecified atom stereocenters. The van der Waals surface area contributed by atoms with Crippen LogP contribution >= 0.6 is 15.9 Å². The zero-order valence-electron chi connectivity index (χ0n) is 11.8. The number of hydrogen-bond donors (Lipinski definition) is 2. The molecule has 110 valence electrons. The lowest BCUT2D eigenvalue weighted by molar-refractivity contribution is 0.418. The lowest BCUT2D eigenvalue weighted by Crippen LogP contribution is -2.10. The molecule has 0 amide bonds. The number of H-pyrrole nitrogens is 1. The van der Waals surface area contributed by atoms with E-state index in [4.69, 9.17) is 5.73 Å². The van der Waals surface area contributed by atoms with Crippen molar-refractivity contribution in [3.8, 4) is 0 Å². The minimum Gasteiger partial charge on any atom is -0.342 e. The van der Waals surface area contributed by atoms with Crippen molar-refractivity contribution >= 4 is 27.0 Å². The number of fused-ring (bicyclic) bond motifs is 1. The summed E-state index contributed by atoms with van der Waals surface area (Å²) in [6.45, 7) is 2.94. The van der Waals surface area contributed by atoms with E-state index in [0.29, 0.717) is 10.4 Å². The van der Waals surface area contributed by atoms with Crippen LogP contribution in [0.15, 0.2) is 16.6 Å². The molecule has 0 aliphatic rings. The molecule has 0 bridgehead atoms. The number of hydrogen-bond acceptors (Lipinski definition) is 2. The molecule has 0 radical (unpaired) electrons. The monoisotopic (exact) mass is 341 g/mol. The van der Waals surface area contributed by atoms with Gasteiger partial charge in [-0.15, -0.1) is 0 Å². The number of halogens is 2. The van der Waals surface area contributed by atoms with Crippen LogP contribution in [-0.4, -0.2) is 16.5 Å². The van der Waals surface area contributed by atoms with Gasteiger partial charge in [-0.3, -0.25) is 0 Å². The first kappa shape index (κ1) is 15.4. The van der Waals surface area contributed by atoms with Gasteiger partial charge in [-0.25, -0.2) is 9.37 Å². The highest BCUT2D eigenvalue weighted by Gasteiger charge is 2.11. The number of rotatable bonds is 7. The Hall–Kier alpha value is -0.940. The number of aromatic amines is 1. The lowest BCUT2D eigenvalue weighted by atomic mass is 9.94. The summed E-state index contributed by atoms with van der Waals surface area (Å²) in [5.41, 5.74) is 7.21. The maximum absolute atomic E-state index is 13.5. The van der Waals surface area contributed by atoms with Gasteiger partial charge in [0.2, 0.25) is 0 Å². The Morgan fingerprint density at radius 1 is 1.35 bits per heavy atom. The average Bonchev–Trinajstić information content (AvgIpc) is 2.79. The summed E-state index contributed by atoms with van der Waals surface area (Å²) in [6.07, 6.45) is 5.42. The third kappa shape index (κ3) is 3.79. The van der Waals surface area contributed by atoms with E-state index in [2.05, 4.69) is 32.8 Å². The molecule has 3 N–H and O–H groups in total. The quantitative estimate of drug-likeness (QED) is 0.794. The molecule has 1 heterocycles. The third-order valence-corrected chi connectivity index (χ3v) is 4.24. The standard InChI is InChI=1S/C15H21BrFN3/c1-2-3-10(6-7-18)4-5-15-19-13-8-11(16)12(17)9-14(13)20-15/h8-10H,2-7,18H2,1H3,(H,19,20). The Morgan fingerprint density at radius 2 is 2.15 bits per heavy atom. The number of benzene rings is 1. The third-order valence-electron chi connectivity index (χ3n) is 3.63. The van der Waals surface area contributed by atoms with Crippen molar-refractivity contribution in [2.24, 2.45) is 11.7 Å². The molecule has 1 aromatic carbocycles. The SMILES string of the molecule is CCCC(CCN)CCc1nc2cc(Br)c(F)cc2[nH]1. The van der Waals surface area contributed by atoms with Crippen LogP contribution < -0.4 is 5.73 Å². The molecule has 1 aromatic heterocycles. The van der Waals surface area contributed by atoms with Crippen LogP contribution in [0.3, 0.4) is 0 Å². The molecule has 0 spiro atoms. The van der Waals surface area contributed by atoms with E-state index >= 15 is 0 Å². The van der Waals surface area contributed by atoms with Crippen LogP contribution in [0.1, 0.15) is 38.4 Å². The summed E-state index contributed by atoms with van der Waals surface area (Å²) in [4.78, 5) is 7.72. The van der Waals surface area contributed by atoms with Gasteiger partial charge in [0.1, 0.15) is 11.6 Å². The van der Waals surface area contributed by atoms with Crippen molar-refractivity contribution in [3.63, 3.8) is 0 Å². The van der Waals surface area contributed by atoms with E-state index in [9.17, 15) is 4.39 Å². The van der Waals surface area contributed by atoms with Gasteiger partial charge in [-0.1, -0.05) is 19.8 Å². The highest BCUT2D eigenvalue weighted by atomic mass is 79.9. The normalized spacial score (nSPS) is 13.0. The van der Waals surface area contributed by atoms with E-state index in [1.165, 1.54) is 18.9 Å². The smallest absolute Gasteiger partial charge is 0.139 e. The van der Waals surface area contributed by atoms with E-state index < -0.39 is 0 Å². The number of nitrogens with two attached hydrogens (primary N) is 1. The van der Waals surface area contributed by atoms with Gasteiger partial charge in [0, 0.05) is 12.5 Å². The Bertz CT molecular complexity index is 522. The second-order valence-corrected chi connectivity index (χ2v) is 6.09. The Morgan fingerprint density at radius 3 is 2.85 bits per heavy atom. The van der Waals surface area contributed by atoms with Crippen molar-refractivity contribution in [1.82, 2.24) is 9.97 Å². The van der Waals surface area contributed by atoms with Gasteiger partial charge < -0.3 is 10.7 Å². The van der Waals surface area contributed by atoms with Crippen molar-refractivity contribution in [3.05, 3.63) is 28.2 Å². The number of imidazole rings is 1. The van der Waals surface area contributed by atoms with Crippen molar-refractivity contribution in [2.45, 2.75) is 39.0 Å². The predicted octanol–water partition coefficient (Wildman–Crippen LogP) is 4.16. The number of aromatic nitrogens is 2. The number of nitrogens with one attached hydrogen (secondary N) is 1. The molecule has 20 heavy (non-hydrogen) atoms. The van der Waals surface area contributed by atoms with E-state index in [1.54, 1.807) is 6.07 Å². The molecule has 0 saturated heterocycles. The number of aryl methyl sites for hydroxylation is 1. The number of nitrogens with zero attached hydrogens (tertiary/aromatic N) is 1. The maximum Gasteiger partial charge on any atom is 0.139 e. The minimum absolute atomic E-state index is 0.264. The van der Waals surface area contributed by atoms with Crippen LogP contribution in [0.25, 0.3) is 11.0 Å². The Kier molecular flexibility index (Phi) is 5.54. The van der Waals surface area contributed by atoms with Gasteiger partial charge >= 0.3 is 0 Å². The van der Waals surface area contributed by atoms with Crippen LogP contribution in [0.2, 0.25) is 0 Å². The fraction of sp³-hybridized carbons (Fsp3) is 0.533. The van der Waals surface area contributed by atoms with E-state index in [1.807, 2.05) is 0 Å². The molecule has 0 aliphatic carbocycles. The van der Waals surface area contributed by atoms with Gasteiger partial charge in [0.25, 0.3) is 0 Å². The van der Waals surface area contributed by atoms with E-state index in [-0.39, 0.29) is 5.82 Å².